The quantitative estimate of drug-likeness (QED) is 0.728. The number of hydrogen-bond donors (Lipinski definition) is 2. The van der Waals surface area contributed by atoms with Crippen LogP contribution in [0.3, 0.4) is 0 Å². The molecule has 0 aliphatic carbocycles. The molecule has 0 unspecified atom stereocenters. The van der Waals surface area contributed by atoms with Crippen LogP contribution in [-0.2, 0) is 11.3 Å². The Bertz CT molecular complexity index is 375. The second kappa shape index (κ2) is 7.88. The predicted molar refractivity (Wildman–Crippen MR) is 75.5 cm³/mol. The first-order chi connectivity index (χ1) is 8.59. The number of rotatable bonds is 7. The van der Waals surface area contributed by atoms with Gasteiger partial charge in [0.2, 0.25) is 5.91 Å². The Kier molecular flexibility index (Phi) is 6.44. The van der Waals surface area contributed by atoms with Gasteiger partial charge in [-0.05, 0) is 30.0 Å². The van der Waals surface area contributed by atoms with Crippen molar-refractivity contribution in [1.29, 1.82) is 0 Å². The molecule has 0 spiro atoms. The second-order valence-electron chi connectivity index (χ2n) is 4.91. The van der Waals surface area contributed by atoms with Gasteiger partial charge in [0.05, 0.1) is 0 Å². The Hall–Kier alpha value is -1.35. The van der Waals surface area contributed by atoms with Crippen LogP contribution in [-0.4, -0.2) is 19.0 Å². The number of nitrogens with one attached hydrogen (secondary N) is 2. The third-order valence-electron chi connectivity index (χ3n) is 2.85. The summed E-state index contributed by atoms with van der Waals surface area (Å²) < 4.78 is 0. The Morgan fingerprint density at radius 2 is 2.06 bits per heavy atom. The molecule has 0 saturated carbocycles. The third kappa shape index (κ3) is 5.82. The summed E-state index contributed by atoms with van der Waals surface area (Å²) >= 11 is 0. The first-order valence-corrected chi connectivity index (χ1v) is 6.63. The van der Waals surface area contributed by atoms with Crippen molar-refractivity contribution >= 4 is 5.91 Å². The highest BCUT2D eigenvalue weighted by molar-refractivity contribution is 5.72. The van der Waals surface area contributed by atoms with E-state index in [4.69, 9.17) is 0 Å². The Balaban J connectivity index is 2.23. The molecular weight excluding hydrogens is 224 g/mol. The van der Waals surface area contributed by atoms with Crippen molar-refractivity contribution in [3.05, 3.63) is 35.4 Å². The Morgan fingerprint density at radius 3 is 2.72 bits per heavy atom. The van der Waals surface area contributed by atoms with Crippen LogP contribution < -0.4 is 10.6 Å². The Labute approximate surface area is 110 Å². The van der Waals surface area contributed by atoms with Crippen molar-refractivity contribution in [2.24, 2.45) is 0 Å². The van der Waals surface area contributed by atoms with Gasteiger partial charge in [0.1, 0.15) is 0 Å². The highest BCUT2D eigenvalue weighted by Gasteiger charge is 2.00. The lowest BCUT2D eigenvalue weighted by Crippen LogP contribution is -2.25. The zero-order valence-electron chi connectivity index (χ0n) is 11.6. The number of amides is 1. The number of benzene rings is 1. The van der Waals surface area contributed by atoms with Crippen molar-refractivity contribution in [1.82, 2.24) is 10.6 Å². The van der Waals surface area contributed by atoms with Gasteiger partial charge in [-0.25, -0.2) is 0 Å². The van der Waals surface area contributed by atoms with E-state index in [0.717, 1.165) is 26.1 Å². The molecule has 0 bridgehead atoms. The van der Waals surface area contributed by atoms with Crippen LogP contribution in [0.2, 0.25) is 0 Å². The number of carbonyl (C=O) groups is 1. The van der Waals surface area contributed by atoms with Crippen molar-refractivity contribution in [3.8, 4) is 0 Å². The average Bonchev–Trinajstić information content (AvgIpc) is 2.33. The smallest absolute Gasteiger partial charge is 0.216 e. The number of hydrogen-bond acceptors (Lipinski definition) is 2. The van der Waals surface area contributed by atoms with E-state index in [2.05, 4.69) is 48.7 Å². The van der Waals surface area contributed by atoms with Gasteiger partial charge >= 0.3 is 0 Å². The summed E-state index contributed by atoms with van der Waals surface area (Å²) in [7, 11) is 0. The molecule has 0 fully saturated rings. The maximum Gasteiger partial charge on any atom is 0.216 e. The molecule has 0 aromatic heterocycles. The van der Waals surface area contributed by atoms with Crippen molar-refractivity contribution in [2.75, 3.05) is 13.1 Å². The summed E-state index contributed by atoms with van der Waals surface area (Å²) in [6.45, 7) is 8.52. The molecule has 1 aromatic carbocycles. The lowest BCUT2D eigenvalue weighted by atomic mass is 10.0. The third-order valence-corrected chi connectivity index (χ3v) is 2.85. The van der Waals surface area contributed by atoms with E-state index >= 15 is 0 Å². The van der Waals surface area contributed by atoms with Gasteiger partial charge in [-0.2, -0.15) is 0 Å². The minimum absolute atomic E-state index is 0.0413. The van der Waals surface area contributed by atoms with Crippen LogP contribution in [0.25, 0.3) is 0 Å². The van der Waals surface area contributed by atoms with Crippen molar-refractivity contribution < 1.29 is 4.79 Å². The zero-order valence-corrected chi connectivity index (χ0v) is 11.6. The molecule has 2 N–H and O–H groups in total. The summed E-state index contributed by atoms with van der Waals surface area (Å²) in [5, 5.41) is 6.18. The molecule has 1 amide bonds. The molecule has 18 heavy (non-hydrogen) atoms. The van der Waals surface area contributed by atoms with Gasteiger partial charge in [0, 0.05) is 20.0 Å². The highest BCUT2D eigenvalue weighted by Crippen LogP contribution is 2.15. The maximum absolute atomic E-state index is 10.7. The molecule has 1 aromatic rings. The normalized spacial score (nSPS) is 10.7. The topological polar surface area (TPSA) is 41.1 Å². The van der Waals surface area contributed by atoms with E-state index in [0.29, 0.717) is 5.92 Å². The molecule has 0 radical (unpaired) electrons. The molecular formula is C15H24N2O. The molecule has 3 nitrogen and oxygen atoms in total. The monoisotopic (exact) mass is 248 g/mol. The second-order valence-corrected chi connectivity index (χ2v) is 4.91. The van der Waals surface area contributed by atoms with Gasteiger partial charge in [-0.3, -0.25) is 4.79 Å². The lowest BCUT2D eigenvalue weighted by Gasteiger charge is -2.09. The van der Waals surface area contributed by atoms with Crippen LogP contribution in [0.5, 0.6) is 0 Å². The molecule has 0 heterocycles. The largest absolute Gasteiger partial charge is 0.356 e. The molecule has 3 heteroatoms. The molecule has 0 saturated heterocycles. The van der Waals surface area contributed by atoms with Crippen LogP contribution >= 0.6 is 0 Å². The lowest BCUT2D eigenvalue weighted by molar-refractivity contribution is -0.118. The van der Waals surface area contributed by atoms with E-state index in [9.17, 15) is 4.79 Å². The van der Waals surface area contributed by atoms with Gasteiger partial charge in [-0.15, -0.1) is 0 Å². The van der Waals surface area contributed by atoms with E-state index in [1.165, 1.54) is 11.1 Å². The highest BCUT2D eigenvalue weighted by atomic mass is 16.1. The molecule has 1 rings (SSSR count). The van der Waals surface area contributed by atoms with Crippen molar-refractivity contribution in [2.45, 2.75) is 39.7 Å². The van der Waals surface area contributed by atoms with Crippen LogP contribution in [0, 0.1) is 0 Å². The van der Waals surface area contributed by atoms with Crippen LogP contribution in [0.4, 0.5) is 0 Å². The predicted octanol–water partition coefficient (Wildman–Crippen LogP) is 2.43. The summed E-state index contributed by atoms with van der Waals surface area (Å²) in [5.74, 6) is 0.615. The van der Waals surface area contributed by atoms with E-state index < -0.39 is 0 Å². The van der Waals surface area contributed by atoms with Gasteiger partial charge < -0.3 is 10.6 Å². The van der Waals surface area contributed by atoms with E-state index in [1.807, 2.05) is 0 Å². The van der Waals surface area contributed by atoms with E-state index in [1.54, 1.807) is 6.92 Å². The fraction of sp³-hybridized carbons (Fsp3) is 0.533. The minimum Gasteiger partial charge on any atom is -0.356 e. The molecule has 0 aliphatic rings. The average molecular weight is 248 g/mol. The molecule has 0 atom stereocenters. The van der Waals surface area contributed by atoms with Crippen molar-refractivity contribution in [3.63, 3.8) is 0 Å². The van der Waals surface area contributed by atoms with E-state index in [-0.39, 0.29) is 5.91 Å². The summed E-state index contributed by atoms with van der Waals surface area (Å²) in [5.41, 5.74) is 2.70. The molecule has 0 aliphatic heterocycles. The van der Waals surface area contributed by atoms with Crippen LogP contribution in [0.1, 0.15) is 44.2 Å². The zero-order chi connectivity index (χ0) is 13.4. The SMILES string of the molecule is CC(=O)NCCCNCc1cccc(C(C)C)c1. The Morgan fingerprint density at radius 1 is 1.28 bits per heavy atom. The van der Waals surface area contributed by atoms with Gasteiger partial charge in [0.25, 0.3) is 0 Å². The maximum atomic E-state index is 10.7. The fourth-order valence-corrected chi connectivity index (χ4v) is 1.77. The standard InChI is InChI=1S/C15H24N2O/c1-12(2)15-7-4-6-14(10-15)11-16-8-5-9-17-13(3)18/h4,6-7,10,12,16H,5,8-9,11H2,1-3H3,(H,17,18). The fourth-order valence-electron chi connectivity index (χ4n) is 1.77. The number of carbonyl (C=O) groups excluding carboxylic acids is 1. The van der Waals surface area contributed by atoms with Gasteiger partial charge in [-0.1, -0.05) is 38.1 Å². The summed E-state index contributed by atoms with van der Waals surface area (Å²) in [6, 6.07) is 8.69. The summed E-state index contributed by atoms with van der Waals surface area (Å²) in [6.07, 6.45) is 0.962. The van der Waals surface area contributed by atoms with Crippen LogP contribution in [0.15, 0.2) is 24.3 Å². The minimum atomic E-state index is 0.0413. The first-order valence-electron chi connectivity index (χ1n) is 6.63. The molecule has 100 valence electrons. The van der Waals surface area contributed by atoms with Gasteiger partial charge in [0.15, 0.2) is 0 Å². The summed E-state index contributed by atoms with van der Waals surface area (Å²) in [4.78, 5) is 10.7. The first kappa shape index (κ1) is 14.7.